The number of methoxy groups -OCH3 is 1. The molecule has 1 saturated heterocycles. The summed E-state index contributed by atoms with van der Waals surface area (Å²) in [7, 11) is -2.95. The summed E-state index contributed by atoms with van der Waals surface area (Å²) in [5.74, 6) is -0.914. The molecule has 1 aliphatic heterocycles. The lowest BCUT2D eigenvalue weighted by Gasteiger charge is -2.18. The van der Waals surface area contributed by atoms with Crippen LogP contribution in [0.25, 0.3) is 0 Å². The van der Waals surface area contributed by atoms with Gasteiger partial charge in [-0.2, -0.15) is 0 Å². The highest BCUT2D eigenvalue weighted by Gasteiger charge is 2.25. The van der Waals surface area contributed by atoms with Crippen LogP contribution in [-0.2, 0) is 14.8 Å². The summed E-state index contributed by atoms with van der Waals surface area (Å²) in [6, 6.07) is 10.2. The number of nitrogens with zero attached hydrogens (tertiary/aromatic N) is 1. The minimum atomic E-state index is -4.15. The standard InChI is InChI=1S/C19H19ClN2O5S/c1-27-19(24)13-8-9-15(20)17(12-13)28(25,26)21-16-7-3-2-6-14(16)18(23)22-10-4-5-11-22/h2-3,6-9,12,21H,4-5,10-11H2,1H3. The summed E-state index contributed by atoms with van der Waals surface area (Å²) < 4.78 is 32.9. The van der Waals surface area contributed by atoms with Gasteiger partial charge < -0.3 is 9.64 Å². The normalized spacial score (nSPS) is 14.0. The zero-order valence-corrected chi connectivity index (χ0v) is 16.7. The van der Waals surface area contributed by atoms with Crippen LogP contribution in [0.4, 0.5) is 5.69 Å². The van der Waals surface area contributed by atoms with Crippen molar-refractivity contribution in [2.75, 3.05) is 24.9 Å². The molecule has 1 N–H and O–H groups in total. The molecule has 0 unspecified atom stereocenters. The summed E-state index contributed by atoms with van der Waals surface area (Å²) >= 11 is 6.05. The van der Waals surface area contributed by atoms with Gasteiger partial charge in [0.25, 0.3) is 15.9 Å². The minimum Gasteiger partial charge on any atom is -0.465 e. The number of hydrogen-bond donors (Lipinski definition) is 1. The maximum absolute atomic E-state index is 12.9. The highest BCUT2D eigenvalue weighted by molar-refractivity contribution is 7.92. The number of anilines is 1. The summed E-state index contributed by atoms with van der Waals surface area (Å²) in [5, 5.41) is -0.0523. The van der Waals surface area contributed by atoms with Gasteiger partial charge >= 0.3 is 5.97 Å². The van der Waals surface area contributed by atoms with E-state index in [-0.39, 0.29) is 32.6 Å². The maximum Gasteiger partial charge on any atom is 0.337 e. The van der Waals surface area contributed by atoms with E-state index < -0.39 is 16.0 Å². The summed E-state index contributed by atoms with van der Waals surface area (Å²) in [5.41, 5.74) is 0.459. The largest absolute Gasteiger partial charge is 0.465 e. The number of carbonyl (C=O) groups is 2. The first-order valence-electron chi connectivity index (χ1n) is 8.62. The van der Waals surface area contributed by atoms with Gasteiger partial charge in [0.05, 0.1) is 28.9 Å². The monoisotopic (exact) mass is 422 g/mol. The fourth-order valence-electron chi connectivity index (χ4n) is 3.00. The molecular formula is C19H19ClN2O5S. The van der Waals surface area contributed by atoms with Crippen LogP contribution in [0.5, 0.6) is 0 Å². The van der Waals surface area contributed by atoms with Crippen LogP contribution < -0.4 is 4.72 Å². The zero-order valence-electron chi connectivity index (χ0n) is 15.1. The summed E-state index contributed by atoms with van der Waals surface area (Å²) in [6.07, 6.45) is 1.85. The Hall–Kier alpha value is -2.58. The first-order chi connectivity index (χ1) is 13.3. The van der Waals surface area contributed by atoms with Gasteiger partial charge in [-0.15, -0.1) is 0 Å². The number of rotatable bonds is 5. The number of sulfonamides is 1. The van der Waals surface area contributed by atoms with E-state index in [2.05, 4.69) is 9.46 Å². The predicted molar refractivity (Wildman–Crippen MR) is 105 cm³/mol. The Kier molecular flexibility index (Phi) is 5.90. The lowest BCUT2D eigenvalue weighted by atomic mass is 10.1. The van der Waals surface area contributed by atoms with Gasteiger partial charge in [-0.3, -0.25) is 9.52 Å². The SMILES string of the molecule is COC(=O)c1ccc(Cl)c(S(=O)(=O)Nc2ccccc2C(=O)N2CCCC2)c1. The first kappa shape index (κ1) is 20.2. The zero-order chi connectivity index (χ0) is 20.3. The van der Waals surface area contributed by atoms with E-state index in [1.165, 1.54) is 25.3 Å². The molecule has 28 heavy (non-hydrogen) atoms. The molecule has 3 rings (SSSR count). The fourth-order valence-corrected chi connectivity index (χ4v) is 4.61. The van der Waals surface area contributed by atoms with Crippen molar-refractivity contribution in [2.24, 2.45) is 0 Å². The lowest BCUT2D eigenvalue weighted by Crippen LogP contribution is -2.28. The molecule has 2 aromatic rings. The van der Waals surface area contributed by atoms with Crippen LogP contribution in [0.1, 0.15) is 33.6 Å². The Morgan fingerprint density at radius 2 is 1.79 bits per heavy atom. The number of esters is 1. The molecule has 7 nitrogen and oxygen atoms in total. The Morgan fingerprint density at radius 3 is 2.46 bits per heavy atom. The van der Waals surface area contributed by atoms with E-state index in [9.17, 15) is 18.0 Å². The molecule has 1 fully saturated rings. The second-order valence-corrected chi connectivity index (χ2v) is 8.35. The number of carbonyl (C=O) groups excluding carboxylic acids is 2. The van der Waals surface area contributed by atoms with Crippen molar-refractivity contribution in [3.63, 3.8) is 0 Å². The molecule has 0 aromatic heterocycles. The number of nitrogens with one attached hydrogen (secondary N) is 1. The molecule has 0 bridgehead atoms. The third kappa shape index (κ3) is 4.13. The van der Waals surface area contributed by atoms with Crippen molar-refractivity contribution in [3.05, 3.63) is 58.6 Å². The van der Waals surface area contributed by atoms with Crippen LogP contribution in [-0.4, -0.2) is 45.4 Å². The third-order valence-electron chi connectivity index (χ3n) is 4.44. The predicted octanol–water partition coefficient (Wildman–Crippen LogP) is 3.16. The number of para-hydroxylation sites is 1. The number of benzene rings is 2. The first-order valence-corrected chi connectivity index (χ1v) is 10.5. The van der Waals surface area contributed by atoms with E-state index in [1.54, 1.807) is 23.1 Å². The second kappa shape index (κ2) is 8.20. The quantitative estimate of drug-likeness (QED) is 0.747. The fraction of sp³-hybridized carbons (Fsp3) is 0.263. The molecule has 0 radical (unpaired) electrons. The van der Waals surface area contributed by atoms with E-state index in [0.29, 0.717) is 13.1 Å². The van der Waals surface area contributed by atoms with Crippen LogP contribution in [0.3, 0.4) is 0 Å². The lowest BCUT2D eigenvalue weighted by molar-refractivity contribution is 0.0600. The molecule has 0 atom stereocenters. The number of likely N-dealkylation sites (tertiary alicyclic amines) is 1. The van der Waals surface area contributed by atoms with Crippen molar-refractivity contribution >= 4 is 39.2 Å². The highest BCUT2D eigenvalue weighted by atomic mass is 35.5. The van der Waals surface area contributed by atoms with Gasteiger partial charge in [0.2, 0.25) is 0 Å². The van der Waals surface area contributed by atoms with E-state index >= 15 is 0 Å². The molecule has 1 aliphatic rings. The van der Waals surface area contributed by atoms with E-state index in [4.69, 9.17) is 11.6 Å². The minimum absolute atomic E-state index is 0.0497. The molecule has 2 aromatic carbocycles. The van der Waals surface area contributed by atoms with Crippen LogP contribution in [0, 0.1) is 0 Å². The molecule has 148 valence electrons. The van der Waals surface area contributed by atoms with Gasteiger partial charge in [-0.05, 0) is 43.2 Å². The third-order valence-corrected chi connectivity index (χ3v) is 6.28. The summed E-state index contributed by atoms with van der Waals surface area (Å²) in [4.78, 5) is 25.9. The molecule has 1 heterocycles. The molecule has 0 spiro atoms. The topological polar surface area (TPSA) is 92.8 Å². The highest BCUT2D eigenvalue weighted by Crippen LogP contribution is 2.27. The average molecular weight is 423 g/mol. The molecule has 0 saturated carbocycles. The second-order valence-electron chi connectivity index (χ2n) is 6.29. The van der Waals surface area contributed by atoms with Crippen molar-refractivity contribution < 1.29 is 22.7 Å². The number of halogens is 1. The summed E-state index contributed by atoms with van der Waals surface area (Å²) in [6.45, 7) is 1.29. The van der Waals surface area contributed by atoms with Crippen molar-refractivity contribution in [2.45, 2.75) is 17.7 Å². The Morgan fingerprint density at radius 1 is 1.11 bits per heavy atom. The van der Waals surface area contributed by atoms with Gasteiger partial charge in [0.1, 0.15) is 4.90 Å². The van der Waals surface area contributed by atoms with Gasteiger partial charge in [0.15, 0.2) is 0 Å². The number of hydrogen-bond acceptors (Lipinski definition) is 5. The number of amides is 1. The van der Waals surface area contributed by atoms with Crippen LogP contribution >= 0.6 is 11.6 Å². The number of ether oxygens (including phenoxy) is 1. The Balaban J connectivity index is 1.96. The molecule has 0 aliphatic carbocycles. The Bertz CT molecular complexity index is 1020. The maximum atomic E-state index is 12.9. The Labute approximate surface area is 168 Å². The van der Waals surface area contributed by atoms with Crippen molar-refractivity contribution in [1.29, 1.82) is 0 Å². The van der Waals surface area contributed by atoms with Gasteiger partial charge in [-0.1, -0.05) is 23.7 Å². The van der Waals surface area contributed by atoms with Crippen LogP contribution in [0.15, 0.2) is 47.4 Å². The van der Waals surface area contributed by atoms with Gasteiger partial charge in [0, 0.05) is 13.1 Å². The van der Waals surface area contributed by atoms with E-state index in [1.807, 2.05) is 0 Å². The smallest absolute Gasteiger partial charge is 0.337 e. The van der Waals surface area contributed by atoms with Gasteiger partial charge in [-0.25, -0.2) is 13.2 Å². The van der Waals surface area contributed by atoms with Crippen molar-refractivity contribution in [3.8, 4) is 0 Å². The van der Waals surface area contributed by atoms with E-state index in [0.717, 1.165) is 18.9 Å². The van der Waals surface area contributed by atoms with Crippen molar-refractivity contribution in [1.82, 2.24) is 4.90 Å². The van der Waals surface area contributed by atoms with Crippen LogP contribution in [0.2, 0.25) is 5.02 Å². The average Bonchev–Trinajstić information content (AvgIpc) is 3.22. The molecule has 9 heteroatoms. The molecular weight excluding hydrogens is 404 g/mol. The molecule has 1 amide bonds.